The van der Waals surface area contributed by atoms with E-state index >= 15 is 0 Å². The number of amides is 2. The van der Waals surface area contributed by atoms with Crippen LogP contribution in [0, 0.1) is 6.92 Å². The normalized spacial score (nSPS) is 13.6. The van der Waals surface area contributed by atoms with Crippen LogP contribution in [-0.2, 0) is 32.7 Å². The smallest absolute Gasteiger partial charge is 0.264 e. The van der Waals surface area contributed by atoms with Crippen LogP contribution in [0.4, 0.5) is 5.69 Å². The van der Waals surface area contributed by atoms with Gasteiger partial charge in [-0.05, 0) is 54.3 Å². The summed E-state index contributed by atoms with van der Waals surface area (Å²) < 4.78 is 27.9. The van der Waals surface area contributed by atoms with Crippen LogP contribution in [0.2, 0.25) is 5.02 Å². The number of benzene rings is 3. The van der Waals surface area contributed by atoms with Gasteiger partial charge in [-0.15, -0.1) is 0 Å². The molecular formula is C27H28ClN3O4S. The fourth-order valence-corrected chi connectivity index (χ4v) is 5.62. The second-order valence-electron chi connectivity index (χ2n) is 8.77. The fourth-order valence-electron chi connectivity index (χ4n) is 4.01. The van der Waals surface area contributed by atoms with Crippen molar-refractivity contribution in [3.63, 3.8) is 0 Å². The van der Waals surface area contributed by atoms with Gasteiger partial charge < -0.3 is 10.2 Å². The second kappa shape index (κ2) is 11.1. The SMILES string of the molecule is Cc1ccc(N(CC(=O)NCc2ccc(CN3CCCC3=O)cc2)S(=O)(=O)c2ccccc2)cc1Cl. The van der Waals surface area contributed by atoms with Gasteiger partial charge in [0.2, 0.25) is 11.8 Å². The van der Waals surface area contributed by atoms with Gasteiger partial charge in [-0.2, -0.15) is 0 Å². The van der Waals surface area contributed by atoms with E-state index in [4.69, 9.17) is 11.6 Å². The Morgan fingerprint density at radius 3 is 2.36 bits per heavy atom. The van der Waals surface area contributed by atoms with E-state index in [-0.39, 0.29) is 17.3 Å². The molecule has 7 nitrogen and oxygen atoms in total. The Bertz CT molecular complexity index is 1350. The average molecular weight is 526 g/mol. The van der Waals surface area contributed by atoms with Crippen LogP contribution in [-0.4, -0.2) is 38.2 Å². The Hall–Kier alpha value is -3.36. The Labute approximate surface area is 216 Å². The lowest BCUT2D eigenvalue weighted by atomic mass is 10.1. The molecule has 0 atom stereocenters. The Morgan fingerprint density at radius 1 is 1.03 bits per heavy atom. The molecule has 1 heterocycles. The molecule has 0 bridgehead atoms. The summed E-state index contributed by atoms with van der Waals surface area (Å²) in [6.45, 7) is 3.03. The van der Waals surface area contributed by atoms with E-state index in [1.807, 2.05) is 36.1 Å². The quantitative estimate of drug-likeness (QED) is 0.451. The van der Waals surface area contributed by atoms with Gasteiger partial charge in [0.1, 0.15) is 6.54 Å². The number of hydrogen-bond donors (Lipinski definition) is 1. The first-order chi connectivity index (χ1) is 17.2. The predicted molar refractivity (Wildman–Crippen MR) is 140 cm³/mol. The van der Waals surface area contributed by atoms with Crippen molar-refractivity contribution in [2.24, 2.45) is 0 Å². The van der Waals surface area contributed by atoms with Crippen molar-refractivity contribution in [3.05, 3.63) is 94.5 Å². The summed E-state index contributed by atoms with van der Waals surface area (Å²) in [6, 6.07) is 20.6. The van der Waals surface area contributed by atoms with Gasteiger partial charge in [-0.3, -0.25) is 13.9 Å². The molecule has 0 aromatic heterocycles. The maximum absolute atomic E-state index is 13.4. The van der Waals surface area contributed by atoms with Gasteiger partial charge in [-0.1, -0.05) is 60.1 Å². The van der Waals surface area contributed by atoms with Crippen molar-refractivity contribution in [1.82, 2.24) is 10.2 Å². The first kappa shape index (κ1) is 25.7. The number of sulfonamides is 1. The Balaban J connectivity index is 1.45. The van der Waals surface area contributed by atoms with Gasteiger partial charge in [0.05, 0.1) is 10.6 Å². The average Bonchev–Trinajstić information content (AvgIpc) is 3.28. The number of carbonyl (C=O) groups is 2. The van der Waals surface area contributed by atoms with E-state index in [1.54, 1.807) is 36.4 Å². The third kappa shape index (κ3) is 6.06. The maximum atomic E-state index is 13.4. The maximum Gasteiger partial charge on any atom is 0.264 e. The van der Waals surface area contributed by atoms with E-state index in [0.717, 1.165) is 34.0 Å². The van der Waals surface area contributed by atoms with Crippen molar-refractivity contribution in [2.75, 3.05) is 17.4 Å². The molecule has 3 aromatic carbocycles. The number of halogens is 1. The Kier molecular flexibility index (Phi) is 7.96. The van der Waals surface area contributed by atoms with E-state index in [2.05, 4.69) is 5.32 Å². The van der Waals surface area contributed by atoms with Crippen LogP contribution in [0.25, 0.3) is 0 Å². The number of nitrogens with zero attached hydrogens (tertiary/aromatic N) is 2. The van der Waals surface area contributed by atoms with Crippen molar-refractivity contribution in [2.45, 2.75) is 37.8 Å². The molecule has 1 aliphatic heterocycles. The van der Waals surface area contributed by atoms with Crippen molar-refractivity contribution < 1.29 is 18.0 Å². The van der Waals surface area contributed by atoms with Crippen LogP contribution in [0.5, 0.6) is 0 Å². The lowest BCUT2D eigenvalue weighted by molar-refractivity contribution is -0.128. The van der Waals surface area contributed by atoms with Crippen LogP contribution in [0.1, 0.15) is 29.5 Å². The molecular weight excluding hydrogens is 498 g/mol. The summed E-state index contributed by atoms with van der Waals surface area (Å²) in [6.07, 6.45) is 1.50. The summed E-state index contributed by atoms with van der Waals surface area (Å²) in [5, 5.41) is 3.22. The fraction of sp³-hybridized carbons (Fsp3) is 0.259. The largest absolute Gasteiger partial charge is 0.350 e. The zero-order chi connectivity index (χ0) is 25.7. The van der Waals surface area contributed by atoms with Gasteiger partial charge >= 0.3 is 0 Å². The minimum Gasteiger partial charge on any atom is -0.350 e. The van der Waals surface area contributed by atoms with Gasteiger partial charge in [-0.25, -0.2) is 8.42 Å². The van der Waals surface area contributed by atoms with Gasteiger partial charge in [0.25, 0.3) is 10.0 Å². The summed E-state index contributed by atoms with van der Waals surface area (Å²) in [5.41, 5.74) is 3.01. The highest BCUT2D eigenvalue weighted by Gasteiger charge is 2.27. The number of nitrogens with one attached hydrogen (secondary N) is 1. The zero-order valence-electron chi connectivity index (χ0n) is 20.0. The highest BCUT2D eigenvalue weighted by atomic mass is 35.5. The molecule has 3 aromatic rings. The van der Waals surface area contributed by atoms with E-state index < -0.39 is 22.5 Å². The van der Waals surface area contributed by atoms with E-state index in [1.165, 1.54) is 12.1 Å². The molecule has 0 spiro atoms. The van der Waals surface area contributed by atoms with Crippen LogP contribution >= 0.6 is 11.6 Å². The molecule has 1 fully saturated rings. The highest BCUT2D eigenvalue weighted by molar-refractivity contribution is 7.92. The topological polar surface area (TPSA) is 86.8 Å². The molecule has 36 heavy (non-hydrogen) atoms. The van der Waals surface area contributed by atoms with Gasteiger partial charge in [0.15, 0.2) is 0 Å². The van der Waals surface area contributed by atoms with Crippen molar-refractivity contribution >= 4 is 39.1 Å². The zero-order valence-corrected chi connectivity index (χ0v) is 21.6. The molecule has 0 aliphatic carbocycles. The predicted octanol–water partition coefficient (Wildman–Crippen LogP) is 4.28. The molecule has 0 unspecified atom stereocenters. The summed E-state index contributed by atoms with van der Waals surface area (Å²) in [7, 11) is -4.00. The van der Waals surface area contributed by atoms with E-state index in [0.29, 0.717) is 23.7 Å². The minimum atomic E-state index is -4.00. The van der Waals surface area contributed by atoms with E-state index in [9.17, 15) is 18.0 Å². The van der Waals surface area contributed by atoms with Crippen molar-refractivity contribution in [1.29, 1.82) is 0 Å². The lowest BCUT2D eigenvalue weighted by Crippen LogP contribution is -2.40. The summed E-state index contributed by atoms with van der Waals surface area (Å²) in [5.74, 6) is -0.269. The molecule has 0 radical (unpaired) electrons. The van der Waals surface area contributed by atoms with Crippen LogP contribution in [0.3, 0.4) is 0 Å². The molecule has 1 N–H and O–H groups in total. The lowest BCUT2D eigenvalue weighted by Gasteiger charge is -2.24. The van der Waals surface area contributed by atoms with Crippen LogP contribution < -0.4 is 9.62 Å². The highest BCUT2D eigenvalue weighted by Crippen LogP contribution is 2.28. The first-order valence-electron chi connectivity index (χ1n) is 11.7. The second-order valence-corrected chi connectivity index (χ2v) is 11.0. The summed E-state index contributed by atoms with van der Waals surface area (Å²) in [4.78, 5) is 26.6. The molecule has 188 valence electrons. The third-order valence-electron chi connectivity index (χ3n) is 6.12. The monoisotopic (exact) mass is 525 g/mol. The number of likely N-dealkylation sites (tertiary alicyclic amines) is 1. The number of carbonyl (C=O) groups excluding carboxylic acids is 2. The summed E-state index contributed by atoms with van der Waals surface area (Å²) >= 11 is 6.26. The molecule has 2 amide bonds. The number of hydrogen-bond acceptors (Lipinski definition) is 4. The minimum absolute atomic E-state index is 0.0848. The van der Waals surface area contributed by atoms with Crippen LogP contribution in [0.15, 0.2) is 77.7 Å². The standard InChI is InChI=1S/C27H28ClN3O4S/c1-20-9-14-23(16-25(20)28)31(36(34,35)24-6-3-2-4-7-24)19-26(32)29-17-21-10-12-22(13-11-21)18-30-15-5-8-27(30)33/h2-4,6-7,9-14,16H,5,8,15,17-19H2,1H3,(H,29,32). The van der Waals surface area contributed by atoms with Gasteiger partial charge in [0, 0.05) is 31.1 Å². The molecule has 9 heteroatoms. The molecule has 1 aliphatic rings. The number of aryl methyl sites for hydroxylation is 1. The molecule has 1 saturated heterocycles. The number of rotatable bonds is 9. The third-order valence-corrected chi connectivity index (χ3v) is 8.31. The first-order valence-corrected chi connectivity index (χ1v) is 13.5. The Morgan fingerprint density at radius 2 is 1.72 bits per heavy atom. The number of anilines is 1. The molecule has 4 rings (SSSR count). The van der Waals surface area contributed by atoms with Crippen molar-refractivity contribution in [3.8, 4) is 0 Å². The molecule has 0 saturated carbocycles.